The van der Waals surface area contributed by atoms with E-state index in [2.05, 4.69) is 9.88 Å². The molecular formula is C18H26N4O2. The van der Waals surface area contributed by atoms with Crippen LogP contribution in [0.15, 0.2) is 24.5 Å². The normalized spacial score (nSPS) is 22.5. The Hall–Kier alpha value is -1.95. The molecule has 3 heterocycles. The quantitative estimate of drug-likeness (QED) is 0.826. The monoisotopic (exact) mass is 330 g/mol. The first-order valence-corrected chi connectivity index (χ1v) is 8.74. The molecule has 0 radical (unpaired) electrons. The van der Waals surface area contributed by atoms with Crippen LogP contribution in [0.2, 0.25) is 0 Å². The van der Waals surface area contributed by atoms with E-state index in [0.29, 0.717) is 13.0 Å². The first-order valence-electron chi connectivity index (χ1n) is 8.74. The maximum Gasteiger partial charge on any atom is 0.228 e. The summed E-state index contributed by atoms with van der Waals surface area (Å²) >= 11 is 0. The highest BCUT2D eigenvalue weighted by Crippen LogP contribution is 2.23. The number of pyridine rings is 1. The smallest absolute Gasteiger partial charge is 0.228 e. The van der Waals surface area contributed by atoms with Crippen molar-refractivity contribution in [2.24, 2.45) is 5.92 Å². The number of likely N-dealkylation sites (tertiary alicyclic amines) is 1. The lowest BCUT2D eigenvalue weighted by Crippen LogP contribution is -2.50. The summed E-state index contributed by atoms with van der Waals surface area (Å²) in [5.74, 6) is 0.0985. The number of aromatic nitrogens is 1. The topological polar surface area (TPSA) is 56.8 Å². The third-order valence-electron chi connectivity index (χ3n) is 4.97. The van der Waals surface area contributed by atoms with E-state index in [1.165, 1.54) is 5.56 Å². The Bertz CT molecular complexity index is 582. The molecule has 2 fully saturated rings. The maximum atomic E-state index is 12.7. The molecule has 2 aliphatic heterocycles. The van der Waals surface area contributed by atoms with Gasteiger partial charge in [-0.3, -0.25) is 19.5 Å². The molecular weight excluding hydrogens is 304 g/mol. The lowest BCUT2D eigenvalue weighted by molar-refractivity contribution is -0.137. The molecule has 0 aliphatic carbocycles. The fourth-order valence-electron chi connectivity index (χ4n) is 3.53. The van der Waals surface area contributed by atoms with Crippen LogP contribution in [0.4, 0.5) is 0 Å². The second-order valence-electron chi connectivity index (χ2n) is 7.00. The minimum Gasteiger partial charge on any atom is -0.340 e. The van der Waals surface area contributed by atoms with Crippen LogP contribution < -0.4 is 0 Å². The Kier molecular flexibility index (Phi) is 5.14. The van der Waals surface area contributed by atoms with Gasteiger partial charge in [0.05, 0.1) is 5.92 Å². The highest BCUT2D eigenvalue weighted by molar-refractivity contribution is 5.89. The summed E-state index contributed by atoms with van der Waals surface area (Å²) in [5, 5.41) is 0. The molecule has 0 N–H and O–H groups in total. The lowest BCUT2D eigenvalue weighted by atomic mass is 10.1. The summed E-state index contributed by atoms with van der Waals surface area (Å²) in [6.07, 6.45) is 3.99. The summed E-state index contributed by atoms with van der Waals surface area (Å²) in [6.45, 7) is 8.73. The minimum atomic E-state index is -0.161. The van der Waals surface area contributed by atoms with Crippen molar-refractivity contribution in [3.63, 3.8) is 0 Å². The molecule has 2 amide bonds. The second kappa shape index (κ2) is 7.30. The highest BCUT2D eigenvalue weighted by Gasteiger charge is 2.38. The van der Waals surface area contributed by atoms with Crippen LogP contribution >= 0.6 is 0 Å². The molecule has 2 saturated heterocycles. The van der Waals surface area contributed by atoms with E-state index in [4.69, 9.17) is 0 Å². The van der Waals surface area contributed by atoms with Gasteiger partial charge in [0.15, 0.2) is 0 Å². The van der Waals surface area contributed by atoms with Crippen molar-refractivity contribution in [1.29, 1.82) is 0 Å². The van der Waals surface area contributed by atoms with Gasteiger partial charge in [0.2, 0.25) is 11.8 Å². The van der Waals surface area contributed by atoms with E-state index < -0.39 is 0 Å². The Labute approximate surface area is 143 Å². The standard InChI is InChI=1S/C18H26N4O2/c1-14(2)22-13-16(11-17(22)23)18(24)21-9-7-20(8-10-21)12-15-3-5-19-6-4-15/h3-6,14,16H,7-13H2,1-2H3/t16-/m0/s1. The van der Waals surface area contributed by atoms with Gasteiger partial charge in [0, 0.05) is 64.1 Å². The third kappa shape index (κ3) is 3.75. The number of carbonyl (C=O) groups excluding carboxylic acids is 2. The van der Waals surface area contributed by atoms with Crippen LogP contribution in [-0.4, -0.2) is 70.3 Å². The Morgan fingerprint density at radius 3 is 2.46 bits per heavy atom. The minimum absolute atomic E-state index is 0.111. The van der Waals surface area contributed by atoms with E-state index in [0.717, 1.165) is 32.7 Å². The molecule has 3 rings (SSSR count). The van der Waals surface area contributed by atoms with Crippen molar-refractivity contribution in [3.05, 3.63) is 30.1 Å². The van der Waals surface area contributed by atoms with Gasteiger partial charge in [-0.2, -0.15) is 0 Å². The van der Waals surface area contributed by atoms with Gasteiger partial charge in [-0.05, 0) is 31.5 Å². The van der Waals surface area contributed by atoms with Crippen LogP contribution in [0.1, 0.15) is 25.8 Å². The number of carbonyl (C=O) groups is 2. The van der Waals surface area contributed by atoms with Gasteiger partial charge >= 0.3 is 0 Å². The average molecular weight is 330 g/mol. The number of piperazine rings is 1. The molecule has 1 atom stereocenters. The van der Waals surface area contributed by atoms with Gasteiger partial charge in [-0.1, -0.05) is 0 Å². The van der Waals surface area contributed by atoms with E-state index in [-0.39, 0.29) is 23.8 Å². The molecule has 0 bridgehead atoms. The lowest BCUT2D eigenvalue weighted by Gasteiger charge is -2.36. The molecule has 6 nitrogen and oxygen atoms in total. The van der Waals surface area contributed by atoms with Crippen molar-refractivity contribution in [2.45, 2.75) is 32.9 Å². The van der Waals surface area contributed by atoms with Crippen molar-refractivity contribution in [1.82, 2.24) is 19.7 Å². The predicted molar refractivity (Wildman–Crippen MR) is 91.1 cm³/mol. The molecule has 24 heavy (non-hydrogen) atoms. The first kappa shape index (κ1) is 16.9. The third-order valence-corrected chi connectivity index (χ3v) is 4.97. The number of hydrogen-bond donors (Lipinski definition) is 0. The summed E-state index contributed by atoms with van der Waals surface area (Å²) in [7, 11) is 0. The fraction of sp³-hybridized carbons (Fsp3) is 0.611. The van der Waals surface area contributed by atoms with Crippen LogP contribution in [0.5, 0.6) is 0 Å². The Morgan fingerprint density at radius 1 is 1.21 bits per heavy atom. The van der Waals surface area contributed by atoms with Crippen LogP contribution in [-0.2, 0) is 16.1 Å². The number of rotatable bonds is 4. The van der Waals surface area contributed by atoms with E-state index in [1.807, 2.05) is 48.2 Å². The molecule has 1 aromatic rings. The second-order valence-corrected chi connectivity index (χ2v) is 7.00. The molecule has 0 spiro atoms. The zero-order valence-electron chi connectivity index (χ0n) is 14.5. The highest BCUT2D eigenvalue weighted by atomic mass is 16.2. The summed E-state index contributed by atoms with van der Waals surface area (Å²) in [6, 6.07) is 4.23. The molecule has 0 aromatic carbocycles. The molecule has 0 saturated carbocycles. The summed E-state index contributed by atoms with van der Waals surface area (Å²) in [4.78, 5) is 34.9. The maximum absolute atomic E-state index is 12.7. The largest absolute Gasteiger partial charge is 0.340 e. The average Bonchev–Trinajstić information content (AvgIpc) is 2.98. The van der Waals surface area contributed by atoms with Gasteiger partial charge in [-0.15, -0.1) is 0 Å². The molecule has 0 unspecified atom stereocenters. The molecule has 2 aliphatic rings. The van der Waals surface area contributed by atoms with Crippen molar-refractivity contribution < 1.29 is 9.59 Å². The zero-order chi connectivity index (χ0) is 17.1. The zero-order valence-corrected chi connectivity index (χ0v) is 14.5. The SMILES string of the molecule is CC(C)N1C[C@@H](C(=O)N2CCN(Cc3ccncc3)CC2)CC1=O. The molecule has 1 aromatic heterocycles. The van der Waals surface area contributed by atoms with Gasteiger partial charge in [0.25, 0.3) is 0 Å². The van der Waals surface area contributed by atoms with Crippen LogP contribution in [0, 0.1) is 5.92 Å². The number of amides is 2. The van der Waals surface area contributed by atoms with Crippen LogP contribution in [0.3, 0.4) is 0 Å². The van der Waals surface area contributed by atoms with E-state index >= 15 is 0 Å². The van der Waals surface area contributed by atoms with Crippen LogP contribution in [0.25, 0.3) is 0 Å². The van der Waals surface area contributed by atoms with E-state index in [1.54, 1.807) is 0 Å². The van der Waals surface area contributed by atoms with E-state index in [9.17, 15) is 9.59 Å². The van der Waals surface area contributed by atoms with Gasteiger partial charge < -0.3 is 9.80 Å². The summed E-state index contributed by atoms with van der Waals surface area (Å²) in [5.41, 5.74) is 1.25. The number of nitrogens with zero attached hydrogens (tertiary/aromatic N) is 4. The summed E-state index contributed by atoms with van der Waals surface area (Å²) < 4.78 is 0. The van der Waals surface area contributed by atoms with Crippen molar-refractivity contribution >= 4 is 11.8 Å². The van der Waals surface area contributed by atoms with Crippen molar-refractivity contribution in [2.75, 3.05) is 32.7 Å². The van der Waals surface area contributed by atoms with Gasteiger partial charge in [0.1, 0.15) is 0 Å². The number of hydrogen-bond acceptors (Lipinski definition) is 4. The Balaban J connectivity index is 1.50. The molecule has 130 valence electrons. The predicted octanol–water partition coefficient (Wildman–Crippen LogP) is 0.983. The fourth-order valence-corrected chi connectivity index (χ4v) is 3.53. The van der Waals surface area contributed by atoms with Gasteiger partial charge in [-0.25, -0.2) is 0 Å². The Morgan fingerprint density at radius 2 is 1.88 bits per heavy atom. The van der Waals surface area contributed by atoms with Crippen molar-refractivity contribution in [3.8, 4) is 0 Å². The first-order chi connectivity index (χ1) is 11.5. The molecule has 6 heteroatoms.